The molecule has 0 saturated heterocycles. The molecule has 0 aliphatic heterocycles. The van der Waals surface area contributed by atoms with Crippen LogP contribution in [-0.2, 0) is 0 Å². The van der Waals surface area contributed by atoms with Gasteiger partial charge in [0.15, 0.2) is 0 Å². The van der Waals surface area contributed by atoms with Crippen LogP contribution >= 0.6 is 0 Å². The van der Waals surface area contributed by atoms with E-state index in [1.54, 1.807) is 0 Å². The van der Waals surface area contributed by atoms with Gasteiger partial charge in [0, 0.05) is 6.04 Å². The first-order valence-corrected chi connectivity index (χ1v) is 2.68. The van der Waals surface area contributed by atoms with Crippen LogP contribution in [0.2, 0.25) is 0 Å². The zero-order chi connectivity index (χ0) is 7.65. The molecular formula is C5H10F3N. The lowest BCUT2D eigenvalue weighted by Gasteiger charge is -2.18. The Bertz CT molecular complexity index is 86.7. The summed E-state index contributed by atoms with van der Waals surface area (Å²) in [5.41, 5.74) is 5.00. The van der Waals surface area contributed by atoms with Crippen LogP contribution in [-0.4, -0.2) is 12.2 Å². The van der Waals surface area contributed by atoms with Gasteiger partial charge in [-0.2, -0.15) is 13.2 Å². The Morgan fingerprint density at radius 3 is 1.56 bits per heavy atom. The lowest BCUT2D eigenvalue weighted by atomic mass is 10.1. The second-order valence-corrected chi connectivity index (χ2v) is 2.19. The predicted molar refractivity (Wildman–Crippen MR) is 28.9 cm³/mol. The van der Waals surface area contributed by atoms with Crippen molar-refractivity contribution in [1.29, 1.82) is 0 Å². The van der Waals surface area contributed by atoms with E-state index >= 15 is 0 Å². The molecule has 1 unspecified atom stereocenters. The number of hydrogen-bond donors (Lipinski definition) is 1. The fourth-order valence-electron chi connectivity index (χ4n) is 0.298. The van der Waals surface area contributed by atoms with Gasteiger partial charge in [0.2, 0.25) is 0 Å². The molecule has 2 N–H and O–H groups in total. The van der Waals surface area contributed by atoms with Gasteiger partial charge in [-0.3, -0.25) is 0 Å². The maximum atomic E-state index is 11.6. The van der Waals surface area contributed by atoms with E-state index in [2.05, 4.69) is 0 Å². The SMILES string of the molecule is CC([C@@H](C)N)C(F)(F)F. The van der Waals surface area contributed by atoms with E-state index in [4.69, 9.17) is 5.73 Å². The minimum atomic E-state index is -4.14. The van der Waals surface area contributed by atoms with Crippen molar-refractivity contribution in [3.8, 4) is 0 Å². The zero-order valence-corrected chi connectivity index (χ0v) is 5.37. The van der Waals surface area contributed by atoms with Gasteiger partial charge in [-0.25, -0.2) is 0 Å². The molecule has 56 valence electrons. The molecule has 0 saturated carbocycles. The Morgan fingerprint density at radius 1 is 1.22 bits per heavy atom. The first kappa shape index (κ1) is 8.75. The average molecular weight is 141 g/mol. The molecule has 1 nitrogen and oxygen atoms in total. The first-order valence-electron chi connectivity index (χ1n) is 2.68. The van der Waals surface area contributed by atoms with E-state index in [9.17, 15) is 13.2 Å². The van der Waals surface area contributed by atoms with Gasteiger partial charge in [0.05, 0.1) is 5.92 Å². The highest BCUT2D eigenvalue weighted by Crippen LogP contribution is 2.26. The molecule has 0 spiro atoms. The highest BCUT2D eigenvalue weighted by molar-refractivity contribution is 4.70. The zero-order valence-electron chi connectivity index (χ0n) is 5.37. The van der Waals surface area contributed by atoms with Crippen molar-refractivity contribution in [2.24, 2.45) is 11.7 Å². The molecule has 2 atom stereocenters. The Balaban J connectivity index is 3.88. The number of halogens is 3. The fourth-order valence-corrected chi connectivity index (χ4v) is 0.298. The molecule has 9 heavy (non-hydrogen) atoms. The molecule has 4 heteroatoms. The number of rotatable bonds is 1. The minimum absolute atomic E-state index is 0.815. The van der Waals surface area contributed by atoms with Gasteiger partial charge < -0.3 is 5.73 Å². The summed E-state index contributed by atoms with van der Waals surface area (Å²) in [6.45, 7) is 2.42. The van der Waals surface area contributed by atoms with Gasteiger partial charge in [0.1, 0.15) is 0 Å². The molecule has 0 fully saturated rings. The Hall–Kier alpha value is -0.250. The molecule has 0 radical (unpaired) electrons. The monoisotopic (exact) mass is 141 g/mol. The van der Waals surface area contributed by atoms with Crippen molar-refractivity contribution in [2.45, 2.75) is 26.1 Å². The number of alkyl halides is 3. The van der Waals surface area contributed by atoms with Crippen LogP contribution in [0.25, 0.3) is 0 Å². The Labute approximate surface area is 52.0 Å². The van der Waals surface area contributed by atoms with Crippen molar-refractivity contribution in [1.82, 2.24) is 0 Å². The predicted octanol–water partition coefficient (Wildman–Crippen LogP) is 1.53. The van der Waals surface area contributed by atoms with E-state index in [0.29, 0.717) is 0 Å². The molecule has 0 aliphatic rings. The molecule has 0 rings (SSSR count). The van der Waals surface area contributed by atoms with E-state index in [1.807, 2.05) is 0 Å². The molecule has 0 aromatic heterocycles. The average Bonchev–Trinajstić information content (AvgIpc) is 1.62. The van der Waals surface area contributed by atoms with Crippen molar-refractivity contribution >= 4 is 0 Å². The first-order chi connectivity index (χ1) is 3.85. The van der Waals surface area contributed by atoms with Gasteiger partial charge >= 0.3 is 6.18 Å². The normalized spacial score (nSPS) is 19.3. The number of hydrogen-bond acceptors (Lipinski definition) is 1. The Morgan fingerprint density at radius 2 is 1.56 bits per heavy atom. The van der Waals surface area contributed by atoms with Crippen LogP contribution in [0.1, 0.15) is 13.8 Å². The highest BCUT2D eigenvalue weighted by Gasteiger charge is 2.37. The van der Waals surface area contributed by atoms with Crippen LogP contribution in [0.15, 0.2) is 0 Å². The summed E-state index contributed by atoms with van der Waals surface area (Å²) in [6.07, 6.45) is -4.14. The van der Waals surface area contributed by atoms with Gasteiger partial charge in [-0.1, -0.05) is 6.92 Å². The standard InChI is InChI=1S/C5H10F3N/c1-3(4(2)9)5(6,7)8/h3-4H,9H2,1-2H3/t3?,4-/m1/s1. The van der Waals surface area contributed by atoms with Crippen LogP contribution in [0.5, 0.6) is 0 Å². The summed E-state index contributed by atoms with van der Waals surface area (Å²) in [6, 6.07) is -0.815. The lowest BCUT2D eigenvalue weighted by Crippen LogP contribution is -2.35. The van der Waals surface area contributed by atoms with Crippen molar-refractivity contribution in [2.75, 3.05) is 0 Å². The smallest absolute Gasteiger partial charge is 0.327 e. The molecular weight excluding hydrogens is 131 g/mol. The summed E-state index contributed by atoms with van der Waals surface area (Å²) in [4.78, 5) is 0. The van der Waals surface area contributed by atoms with Crippen molar-refractivity contribution < 1.29 is 13.2 Å². The van der Waals surface area contributed by atoms with Gasteiger partial charge in [-0.15, -0.1) is 0 Å². The van der Waals surface area contributed by atoms with Crippen LogP contribution < -0.4 is 5.73 Å². The van der Waals surface area contributed by atoms with Gasteiger partial charge in [-0.05, 0) is 6.92 Å². The van der Waals surface area contributed by atoms with Crippen LogP contribution in [0.3, 0.4) is 0 Å². The minimum Gasteiger partial charge on any atom is -0.327 e. The van der Waals surface area contributed by atoms with E-state index in [1.165, 1.54) is 6.92 Å². The molecule has 0 bridgehead atoms. The maximum Gasteiger partial charge on any atom is 0.393 e. The van der Waals surface area contributed by atoms with Crippen LogP contribution in [0, 0.1) is 5.92 Å². The molecule has 0 aromatic rings. The van der Waals surface area contributed by atoms with E-state index in [-0.39, 0.29) is 0 Å². The molecule has 0 aromatic carbocycles. The summed E-state index contributed by atoms with van der Waals surface area (Å²) in [5, 5.41) is 0. The lowest BCUT2D eigenvalue weighted by molar-refractivity contribution is -0.173. The maximum absolute atomic E-state index is 11.6. The largest absolute Gasteiger partial charge is 0.393 e. The summed E-state index contributed by atoms with van der Waals surface area (Å²) >= 11 is 0. The second kappa shape index (κ2) is 2.56. The molecule has 0 aliphatic carbocycles. The molecule has 0 amide bonds. The summed E-state index contributed by atoms with van der Waals surface area (Å²) in [5.74, 6) is -1.41. The van der Waals surface area contributed by atoms with E-state index in [0.717, 1.165) is 6.92 Å². The second-order valence-electron chi connectivity index (χ2n) is 2.19. The summed E-state index contributed by atoms with van der Waals surface area (Å²) < 4.78 is 34.9. The fraction of sp³-hybridized carbons (Fsp3) is 1.00. The highest BCUT2D eigenvalue weighted by atomic mass is 19.4. The third-order valence-electron chi connectivity index (χ3n) is 1.30. The van der Waals surface area contributed by atoms with E-state index < -0.39 is 18.1 Å². The summed E-state index contributed by atoms with van der Waals surface area (Å²) in [7, 11) is 0. The third-order valence-corrected chi connectivity index (χ3v) is 1.30. The Kier molecular flexibility index (Phi) is 2.49. The van der Waals surface area contributed by atoms with Gasteiger partial charge in [0.25, 0.3) is 0 Å². The van der Waals surface area contributed by atoms with Crippen molar-refractivity contribution in [3.63, 3.8) is 0 Å². The number of nitrogens with two attached hydrogens (primary N) is 1. The topological polar surface area (TPSA) is 26.0 Å². The third kappa shape index (κ3) is 2.70. The molecule has 0 heterocycles. The quantitative estimate of drug-likeness (QED) is 0.588. The van der Waals surface area contributed by atoms with Crippen LogP contribution in [0.4, 0.5) is 13.2 Å². The van der Waals surface area contributed by atoms with Crippen molar-refractivity contribution in [3.05, 3.63) is 0 Å².